The van der Waals surface area contributed by atoms with E-state index in [1.54, 1.807) is 31.4 Å². The van der Waals surface area contributed by atoms with E-state index in [0.29, 0.717) is 54.9 Å². The summed E-state index contributed by atoms with van der Waals surface area (Å²) in [6.07, 6.45) is 0.660. The van der Waals surface area contributed by atoms with Gasteiger partial charge < -0.3 is 14.4 Å². The summed E-state index contributed by atoms with van der Waals surface area (Å²) in [4.78, 5) is 7.33. The molecule has 0 bridgehead atoms. The van der Waals surface area contributed by atoms with Crippen molar-refractivity contribution in [2.45, 2.75) is 11.3 Å². The van der Waals surface area contributed by atoms with Crippen molar-refractivity contribution in [2.24, 2.45) is 4.99 Å². The molecule has 0 saturated carbocycles. The van der Waals surface area contributed by atoms with Gasteiger partial charge in [0.05, 0.1) is 17.6 Å². The minimum absolute atomic E-state index is 0.245. The number of fused-ring (bicyclic) bond motifs is 2. The molecule has 0 radical (unpaired) electrons. The fourth-order valence-corrected chi connectivity index (χ4v) is 5.77. The van der Waals surface area contributed by atoms with Crippen LogP contribution < -0.4 is 9.47 Å². The molecule has 2 heterocycles. The zero-order chi connectivity index (χ0) is 23.7. The molecule has 7 nitrogen and oxygen atoms in total. The summed E-state index contributed by atoms with van der Waals surface area (Å²) in [5.41, 5.74) is 1.53. The van der Waals surface area contributed by atoms with Crippen molar-refractivity contribution < 1.29 is 17.9 Å². The second-order valence-corrected chi connectivity index (χ2v) is 10.4. The molecule has 0 aromatic heterocycles. The molecule has 176 valence electrons. The Balaban J connectivity index is 1.48. The van der Waals surface area contributed by atoms with Gasteiger partial charge in [-0.05, 0) is 61.0 Å². The Morgan fingerprint density at radius 2 is 1.74 bits per heavy atom. The van der Waals surface area contributed by atoms with E-state index in [4.69, 9.17) is 26.1 Å². The molecule has 2 aliphatic heterocycles. The van der Waals surface area contributed by atoms with Crippen LogP contribution in [0.15, 0.2) is 76.6 Å². The number of para-hydroxylation sites is 2. The average molecular weight is 498 g/mol. The third-order valence-electron chi connectivity index (χ3n) is 5.94. The van der Waals surface area contributed by atoms with Gasteiger partial charge in [-0.1, -0.05) is 23.7 Å². The highest BCUT2D eigenvalue weighted by Crippen LogP contribution is 2.39. The summed E-state index contributed by atoms with van der Waals surface area (Å²) >= 11 is 5.94. The van der Waals surface area contributed by atoms with E-state index >= 15 is 0 Å². The van der Waals surface area contributed by atoms with Crippen LogP contribution in [0.3, 0.4) is 0 Å². The summed E-state index contributed by atoms with van der Waals surface area (Å²) in [6, 6.07) is 19.6. The number of nitrogens with zero attached hydrogens (tertiary/aromatic N) is 3. The number of hydrogen-bond donors (Lipinski definition) is 0. The molecule has 3 aromatic rings. The van der Waals surface area contributed by atoms with Crippen LogP contribution in [0.1, 0.15) is 12.0 Å². The Bertz CT molecular complexity index is 1340. The molecule has 3 aromatic carbocycles. The Morgan fingerprint density at radius 1 is 0.941 bits per heavy atom. The van der Waals surface area contributed by atoms with E-state index in [2.05, 4.69) is 4.90 Å². The first-order valence-electron chi connectivity index (χ1n) is 11.0. The maximum atomic E-state index is 13.2. The number of ether oxygens (including phenoxy) is 2. The first-order chi connectivity index (χ1) is 16.5. The molecule has 0 atom stereocenters. The Kier molecular flexibility index (Phi) is 6.20. The van der Waals surface area contributed by atoms with Gasteiger partial charge in [0, 0.05) is 31.2 Å². The lowest BCUT2D eigenvalue weighted by atomic mass is 10.1. The van der Waals surface area contributed by atoms with Crippen LogP contribution >= 0.6 is 11.6 Å². The van der Waals surface area contributed by atoms with E-state index in [1.807, 2.05) is 42.5 Å². The SMILES string of the molecule is COc1ccc2c(c1)C(N1CCCN(S(=O)(=O)c3ccc(Cl)cc3)CC1)=Nc1ccccc1O2. The third kappa shape index (κ3) is 4.36. The van der Waals surface area contributed by atoms with Gasteiger partial charge in [-0.25, -0.2) is 13.4 Å². The molecule has 2 aliphatic rings. The number of methoxy groups -OCH3 is 1. The monoisotopic (exact) mass is 497 g/mol. The minimum atomic E-state index is -3.62. The van der Waals surface area contributed by atoms with Crippen molar-refractivity contribution >= 4 is 33.1 Å². The number of hydrogen-bond acceptors (Lipinski definition) is 6. The van der Waals surface area contributed by atoms with E-state index in [-0.39, 0.29) is 4.90 Å². The first kappa shape index (κ1) is 22.7. The second-order valence-electron chi connectivity index (χ2n) is 8.07. The van der Waals surface area contributed by atoms with Crippen LogP contribution in [0, 0.1) is 0 Å². The van der Waals surface area contributed by atoms with Crippen LogP contribution in [0.5, 0.6) is 17.2 Å². The first-order valence-corrected chi connectivity index (χ1v) is 12.8. The summed E-state index contributed by atoms with van der Waals surface area (Å²) in [6.45, 7) is 1.91. The molecule has 0 aliphatic carbocycles. The Morgan fingerprint density at radius 3 is 2.53 bits per heavy atom. The molecule has 34 heavy (non-hydrogen) atoms. The van der Waals surface area contributed by atoms with Gasteiger partial charge in [0.25, 0.3) is 0 Å². The molecule has 0 amide bonds. The number of amidine groups is 1. The number of aliphatic imine (C=N–C) groups is 1. The van der Waals surface area contributed by atoms with Gasteiger partial charge in [-0.3, -0.25) is 0 Å². The predicted molar refractivity (Wildman–Crippen MR) is 132 cm³/mol. The van der Waals surface area contributed by atoms with Crippen molar-refractivity contribution in [1.29, 1.82) is 0 Å². The van der Waals surface area contributed by atoms with Gasteiger partial charge in [-0.15, -0.1) is 0 Å². The zero-order valence-electron chi connectivity index (χ0n) is 18.6. The Labute approximate surface area is 204 Å². The normalized spacial score (nSPS) is 16.4. The average Bonchev–Trinajstić information content (AvgIpc) is 3.19. The molecule has 0 spiro atoms. The molecular weight excluding hydrogens is 474 g/mol. The highest BCUT2D eigenvalue weighted by atomic mass is 35.5. The number of rotatable bonds is 3. The fourth-order valence-electron chi connectivity index (χ4n) is 4.17. The van der Waals surface area contributed by atoms with E-state index < -0.39 is 10.0 Å². The Hall–Kier alpha value is -3.07. The number of sulfonamides is 1. The quantitative estimate of drug-likeness (QED) is 0.513. The summed E-state index contributed by atoms with van der Waals surface area (Å²) in [7, 11) is -2.00. The molecule has 1 fully saturated rings. The number of halogens is 1. The molecule has 0 N–H and O–H groups in total. The minimum Gasteiger partial charge on any atom is -0.497 e. The van der Waals surface area contributed by atoms with Gasteiger partial charge in [0.1, 0.15) is 23.0 Å². The largest absolute Gasteiger partial charge is 0.497 e. The molecule has 9 heteroatoms. The summed E-state index contributed by atoms with van der Waals surface area (Å²) < 4.78 is 39.6. The molecule has 1 saturated heterocycles. The highest BCUT2D eigenvalue weighted by molar-refractivity contribution is 7.89. The van der Waals surface area contributed by atoms with Crippen LogP contribution in [0.2, 0.25) is 5.02 Å². The van der Waals surface area contributed by atoms with Crippen molar-refractivity contribution in [3.63, 3.8) is 0 Å². The van der Waals surface area contributed by atoms with Crippen molar-refractivity contribution in [3.05, 3.63) is 77.3 Å². The fraction of sp³-hybridized carbons (Fsp3) is 0.240. The van der Waals surface area contributed by atoms with Gasteiger partial charge >= 0.3 is 0 Å². The second kappa shape index (κ2) is 9.29. The summed E-state index contributed by atoms with van der Waals surface area (Å²) in [5, 5.41) is 0.504. The lowest BCUT2D eigenvalue weighted by molar-refractivity contribution is 0.405. The third-order valence-corrected chi connectivity index (χ3v) is 8.11. The van der Waals surface area contributed by atoms with Gasteiger partial charge in [-0.2, -0.15) is 4.31 Å². The molecule has 0 unspecified atom stereocenters. The van der Waals surface area contributed by atoms with Gasteiger partial charge in [0.15, 0.2) is 5.75 Å². The summed E-state index contributed by atoms with van der Waals surface area (Å²) in [5.74, 6) is 2.79. The lowest BCUT2D eigenvalue weighted by Gasteiger charge is -2.25. The van der Waals surface area contributed by atoms with Crippen LogP contribution in [-0.2, 0) is 10.0 Å². The molecule has 5 rings (SSSR count). The van der Waals surface area contributed by atoms with Gasteiger partial charge in [0.2, 0.25) is 10.0 Å². The maximum absolute atomic E-state index is 13.2. The lowest BCUT2D eigenvalue weighted by Crippen LogP contribution is -2.37. The number of benzene rings is 3. The highest BCUT2D eigenvalue weighted by Gasteiger charge is 2.30. The van der Waals surface area contributed by atoms with Crippen LogP contribution in [0.25, 0.3) is 0 Å². The van der Waals surface area contributed by atoms with E-state index in [9.17, 15) is 8.42 Å². The standard InChI is InChI=1S/C25H24ClN3O4S/c1-32-19-9-12-23-21(17-19)25(27-22-5-2-3-6-24(22)33-23)28-13-4-14-29(16-15-28)34(30,31)20-10-7-18(26)8-11-20/h2-3,5-12,17H,4,13-16H2,1H3. The van der Waals surface area contributed by atoms with Crippen molar-refractivity contribution in [2.75, 3.05) is 33.3 Å². The van der Waals surface area contributed by atoms with E-state index in [1.165, 1.54) is 4.31 Å². The predicted octanol–water partition coefficient (Wildman–Crippen LogP) is 4.93. The van der Waals surface area contributed by atoms with Crippen molar-refractivity contribution in [1.82, 2.24) is 9.21 Å². The van der Waals surface area contributed by atoms with E-state index in [0.717, 1.165) is 17.1 Å². The zero-order valence-corrected chi connectivity index (χ0v) is 20.2. The maximum Gasteiger partial charge on any atom is 0.243 e. The van der Waals surface area contributed by atoms with Crippen LogP contribution in [-0.4, -0.2) is 56.7 Å². The smallest absolute Gasteiger partial charge is 0.243 e. The molecular formula is C25H24ClN3O4S. The topological polar surface area (TPSA) is 71.4 Å². The van der Waals surface area contributed by atoms with Crippen molar-refractivity contribution in [3.8, 4) is 17.2 Å². The van der Waals surface area contributed by atoms with Crippen LogP contribution in [0.4, 0.5) is 5.69 Å².